The van der Waals surface area contributed by atoms with E-state index in [2.05, 4.69) is 14.8 Å². The lowest BCUT2D eigenvalue weighted by Crippen LogP contribution is -2.52. The fraction of sp³-hybridized carbons (Fsp3) is 0.450. The highest BCUT2D eigenvalue weighted by molar-refractivity contribution is 7.89. The van der Waals surface area contributed by atoms with Crippen LogP contribution in [-0.4, -0.2) is 53.1 Å². The molecule has 3 aliphatic rings. The highest BCUT2D eigenvalue weighted by atomic mass is 35.5. The molecule has 2 aliphatic heterocycles. The number of hydrogen-bond acceptors (Lipinski definition) is 6. The molecule has 1 atom stereocenters. The lowest BCUT2D eigenvalue weighted by atomic mass is 10.1. The minimum Gasteiger partial charge on any atom is -0.305 e. The summed E-state index contributed by atoms with van der Waals surface area (Å²) >= 11 is 6.58. The minimum atomic E-state index is -3.81. The zero-order valence-electron chi connectivity index (χ0n) is 17.5. The van der Waals surface area contributed by atoms with E-state index in [1.165, 1.54) is 12.1 Å². The number of hydrogen-bond donors (Lipinski definition) is 1. The van der Waals surface area contributed by atoms with Crippen molar-refractivity contribution in [1.82, 2.24) is 19.4 Å². The molecule has 2 aromatic rings. The molecule has 1 aromatic carbocycles. The number of fused-ring (bicyclic) bond motifs is 3. The van der Waals surface area contributed by atoms with Crippen molar-refractivity contribution in [2.75, 3.05) is 11.4 Å². The van der Waals surface area contributed by atoms with Crippen molar-refractivity contribution < 1.29 is 13.2 Å². The first-order chi connectivity index (χ1) is 14.6. The Morgan fingerprint density at radius 2 is 2.06 bits per heavy atom. The van der Waals surface area contributed by atoms with Crippen LogP contribution in [0.2, 0.25) is 5.02 Å². The number of aromatic nitrogens is 2. The molecule has 1 fully saturated rings. The number of carbonyl (C=O) groups is 1. The molecule has 0 spiro atoms. The lowest BCUT2D eigenvalue weighted by Gasteiger charge is -2.38. The van der Waals surface area contributed by atoms with Gasteiger partial charge in [-0.2, -0.15) is 5.10 Å². The van der Waals surface area contributed by atoms with Crippen molar-refractivity contribution in [2.24, 2.45) is 12.0 Å². The molecule has 0 radical (unpaired) electrons. The van der Waals surface area contributed by atoms with Gasteiger partial charge < -0.3 is 4.90 Å². The molecule has 9 nitrogen and oxygen atoms in total. The van der Waals surface area contributed by atoms with E-state index < -0.39 is 15.6 Å². The van der Waals surface area contributed by atoms with Crippen molar-refractivity contribution in [2.45, 2.75) is 49.7 Å². The maximum absolute atomic E-state index is 13.5. The largest absolute Gasteiger partial charge is 0.305 e. The Balaban J connectivity index is 1.60. The normalized spacial score (nSPS) is 21.7. The maximum atomic E-state index is 13.5. The van der Waals surface area contributed by atoms with E-state index in [1.54, 1.807) is 15.8 Å². The first-order valence-corrected chi connectivity index (χ1v) is 11.9. The molecule has 1 saturated carbocycles. The molecular formula is C20H23ClN6O3S. The average Bonchev–Trinajstić information content (AvgIpc) is 3.07. The second-order valence-corrected chi connectivity index (χ2v) is 10.8. The van der Waals surface area contributed by atoms with Gasteiger partial charge in [-0.15, -0.1) is 0 Å². The van der Waals surface area contributed by atoms with Gasteiger partial charge in [-0.1, -0.05) is 11.6 Å². The molecule has 0 unspecified atom stereocenters. The Labute approximate surface area is 185 Å². The summed E-state index contributed by atoms with van der Waals surface area (Å²) in [4.78, 5) is 21.6. The van der Waals surface area contributed by atoms with Gasteiger partial charge in [0, 0.05) is 24.3 Å². The molecule has 1 aliphatic carbocycles. The van der Waals surface area contributed by atoms with Crippen LogP contribution in [0.25, 0.3) is 0 Å². The summed E-state index contributed by atoms with van der Waals surface area (Å²) in [5.74, 6) is 0.189. The maximum Gasteiger partial charge on any atom is 0.263 e. The molecule has 1 aromatic heterocycles. The summed E-state index contributed by atoms with van der Waals surface area (Å²) in [7, 11) is -2.00. The summed E-state index contributed by atoms with van der Waals surface area (Å²) in [6.07, 6.45) is 5.10. The van der Waals surface area contributed by atoms with E-state index >= 15 is 0 Å². The second kappa shape index (κ2) is 6.78. The third-order valence-corrected chi connectivity index (χ3v) is 7.84. The number of amides is 1. The predicted molar refractivity (Wildman–Crippen MR) is 117 cm³/mol. The van der Waals surface area contributed by atoms with Gasteiger partial charge in [-0.05, 0) is 38.8 Å². The van der Waals surface area contributed by atoms with Crippen LogP contribution in [0.4, 0.5) is 5.69 Å². The molecule has 5 rings (SSSR count). The summed E-state index contributed by atoms with van der Waals surface area (Å²) in [6, 6.07) is 2.83. The summed E-state index contributed by atoms with van der Waals surface area (Å²) < 4.78 is 30.3. The quantitative estimate of drug-likeness (QED) is 0.733. The zero-order chi connectivity index (χ0) is 22.1. The number of aliphatic imine (C=N–C) groups is 1. The van der Waals surface area contributed by atoms with E-state index in [4.69, 9.17) is 11.6 Å². The topological polar surface area (TPSA) is 99.9 Å². The third kappa shape index (κ3) is 3.42. The second-order valence-electron chi connectivity index (χ2n) is 8.74. The van der Waals surface area contributed by atoms with Crippen LogP contribution in [0.15, 0.2) is 34.4 Å². The van der Waals surface area contributed by atoms with Crippen LogP contribution in [-0.2, 0) is 23.6 Å². The smallest absolute Gasteiger partial charge is 0.263 e. The van der Waals surface area contributed by atoms with Crippen molar-refractivity contribution in [3.05, 3.63) is 40.7 Å². The van der Waals surface area contributed by atoms with Crippen LogP contribution in [0.5, 0.6) is 0 Å². The van der Waals surface area contributed by atoms with E-state index in [0.29, 0.717) is 18.2 Å². The van der Waals surface area contributed by atoms with Crippen molar-refractivity contribution in [3.8, 4) is 0 Å². The zero-order valence-corrected chi connectivity index (χ0v) is 19.0. The van der Waals surface area contributed by atoms with E-state index in [0.717, 1.165) is 18.4 Å². The molecular weight excluding hydrogens is 440 g/mol. The number of carbonyl (C=O) groups excluding carboxylic acids is 1. The van der Waals surface area contributed by atoms with Gasteiger partial charge in [0.05, 0.1) is 46.5 Å². The van der Waals surface area contributed by atoms with Crippen LogP contribution < -0.4 is 9.62 Å². The number of rotatable bonds is 5. The average molecular weight is 463 g/mol. The van der Waals surface area contributed by atoms with Crippen molar-refractivity contribution in [1.29, 1.82) is 0 Å². The number of aryl methyl sites for hydroxylation is 1. The molecule has 11 heteroatoms. The standard InChI is InChI=1S/C20H23ClN6O3S/c1-12-8-22-19-26(11-13-9-23-25(3)10-13)18(28)15-6-14(7-16(21)17(15)27(12)19)31(29,30)24-20(2)4-5-20/h6-7,9-10,12,24H,4-5,8,11H2,1-3H3/t12-/m1/s1. The van der Waals surface area contributed by atoms with Gasteiger partial charge in [0.2, 0.25) is 16.0 Å². The Hall–Kier alpha value is -2.43. The molecule has 3 heterocycles. The predicted octanol–water partition coefficient (Wildman–Crippen LogP) is 2.12. The van der Waals surface area contributed by atoms with Crippen LogP contribution >= 0.6 is 11.6 Å². The van der Waals surface area contributed by atoms with Gasteiger partial charge in [0.25, 0.3) is 5.91 Å². The van der Waals surface area contributed by atoms with E-state index in [1.807, 2.05) is 32.0 Å². The summed E-state index contributed by atoms with van der Waals surface area (Å²) in [6.45, 7) is 4.65. The molecule has 0 bridgehead atoms. The van der Waals surface area contributed by atoms with Crippen LogP contribution in [0.3, 0.4) is 0 Å². The van der Waals surface area contributed by atoms with Crippen LogP contribution in [0, 0.1) is 0 Å². The number of anilines is 1. The fourth-order valence-electron chi connectivity index (χ4n) is 4.03. The van der Waals surface area contributed by atoms with Crippen LogP contribution in [0.1, 0.15) is 42.6 Å². The first kappa shape index (κ1) is 20.5. The van der Waals surface area contributed by atoms with Gasteiger partial charge in [-0.25, -0.2) is 13.1 Å². The van der Waals surface area contributed by atoms with Gasteiger partial charge in [0.1, 0.15) is 0 Å². The van der Waals surface area contributed by atoms with E-state index in [9.17, 15) is 13.2 Å². The van der Waals surface area contributed by atoms with E-state index in [-0.39, 0.29) is 34.0 Å². The Morgan fingerprint density at radius 1 is 1.32 bits per heavy atom. The van der Waals surface area contributed by atoms with Gasteiger partial charge >= 0.3 is 0 Å². The monoisotopic (exact) mass is 462 g/mol. The molecule has 0 saturated heterocycles. The minimum absolute atomic E-state index is 0.00806. The van der Waals surface area contributed by atoms with Gasteiger partial charge in [-0.3, -0.25) is 19.4 Å². The molecule has 164 valence electrons. The number of nitrogens with one attached hydrogen (secondary N) is 1. The Kier molecular flexibility index (Phi) is 4.48. The highest BCUT2D eigenvalue weighted by Gasteiger charge is 2.44. The van der Waals surface area contributed by atoms with Crippen molar-refractivity contribution >= 4 is 39.2 Å². The number of benzene rings is 1. The number of sulfonamides is 1. The molecule has 1 N–H and O–H groups in total. The number of guanidine groups is 1. The Bertz CT molecular complexity index is 1230. The Morgan fingerprint density at radius 3 is 2.71 bits per heavy atom. The van der Waals surface area contributed by atoms with Gasteiger partial charge in [0.15, 0.2) is 0 Å². The fourth-order valence-corrected chi connectivity index (χ4v) is 5.92. The lowest BCUT2D eigenvalue weighted by molar-refractivity contribution is 0.0833. The highest BCUT2D eigenvalue weighted by Crippen LogP contribution is 2.42. The summed E-state index contributed by atoms with van der Waals surface area (Å²) in [5, 5.41) is 4.39. The number of nitrogens with zero attached hydrogens (tertiary/aromatic N) is 5. The third-order valence-electron chi connectivity index (χ3n) is 5.94. The van der Waals surface area contributed by atoms with Crippen molar-refractivity contribution in [3.63, 3.8) is 0 Å². The number of halogens is 1. The SMILES string of the molecule is C[C@@H]1CN=C2N(Cc3cnn(C)c3)C(=O)c3cc(S(=O)(=O)NC4(C)CC4)cc(Cl)c3N21. The summed E-state index contributed by atoms with van der Waals surface area (Å²) in [5.41, 5.74) is 1.18. The first-order valence-electron chi connectivity index (χ1n) is 10.1. The molecule has 1 amide bonds. The molecule has 31 heavy (non-hydrogen) atoms.